The summed E-state index contributed by atoms with van der Waals surface area (Å²) in [4.78, 5) is 2.61. The molecule has 19 heavy (non-hydrogen) atoms. The van der Waals surface area contributed by atoms with Crippen LogP contribution in [0.15, 0.2) is 18.2 Å². The zero-order valence-corrected chi connectivity index (χ0v) is 11.3. The Kier molecular flexibility index (Phi) is 2.58. The van der Waals surface area contributed by atoms with E-state index in [1.165, 1.54) is 31.4 Å². The molecule has 2 unspecified atom stereocenters. The standard InChI is InChI=1S/C15H20N2O2/c1-16-10-6-11-2-3-12(7-10)17(11)13-4-5-14-15(8-13)19-9-18-14/h4-5,8,10-12,16H,2-3,6-7,9H2,1H3. The van der Waals surface area contributed by atoms with E-state index in [1.54, 1.807) is 0 Å². The Balaban J connectivity index is 1.63. The molecule has 4 rings (SSSR count). The first-order valence-corrected chi connectivity index (χ1v) is 7.20. The van der Waals surface area contributed by atoms with Crippen molar-refractivity contribution in [2.75, 3.05) is 18.7 Å². The second-order valence-electron chi connectivity index (χ2n) is 5.79. The quantitative estimate of drug-likeness (QED) is 0.883. The number of anilines is 1. The summed E-state index contributed by atoms with van der Waals surface area (Å²) in [6.45, 7) is 0.355. The highest BCUT2D eigenvalue weighted by molar-refractivity contribution is 5.59. The van der Waals surface area contributed by atoms with Crippen molar-refractivity contribution in [3.8, 4) is 11.5 Å². The van der Waals surface area contributed by atoms with E-state index in [0.29, 0.717) is 24.9 Å². The van der Waals surface area contributed by atoms with Gasteiger partial charge in [-0.3, -0.25) is 0 Å². The van der Waals surface area contributed by atoms with Crippen molar-refractivity contribution in [3.05, 3.63) is 18.2 Å². The molecule has 0 aromatic heterocycles. The number of ether oxygens (including phenoxy) is 2. The fourth-order valence-electron chi connectivity index (χ4n) is 3.88. The number of hydrogen-bond donors (Lipinski definition) is 1. The van der Waals surface area contributed by atoms with Crippen molar-refractivity contribution < 1.29 is 9.47 Å². The normalized spacial score (nSPS) is 31.8. The summed E-state index contributed by atoms with van der Waals surface area (Å²) < 4.78 is 10.9. The molecule has 2 saturated heterocycles. The number of piperidine rings is 1. The summed E-state index contributed by atoms with van der Waals surface area (Å²) in [6.07, 6.45) is 5.14. The van der Waals surface area contributed by atoms with Gasteiger partial charge < -0.3 is 19.7 Å². The molecule has 2 bridgehead atoms. The molecule has 0 spiro atoms. The lowest BCUT2D eigenvalue weighted by Gasteiger charge is -2.40. The van der Waals surface area contributed by atoms with Gasteiger partial charge in [-0.2, -0.15) is 0 Å². The second kappa shape index (κ2) is 4.30. The molecule has 102 valence electrons. The first kappa shape index (κ1) is 11.4. The number of nitrogens with zero attached hydrogens (tertiary/aromatic N) is 1. The van der Waals surface area contributed by atoms with E-state index in [1.807, 2.05) is 6.07 Å². The van der Waals surface area contributed by atoms with E-state index in [2.05, 4.69) is 29.4 Å². The molecule has 2 atom stereocenters. The molecule has 0 saturated carbocycles. The van der Waals surface area contributed by atoms with E-state index in [-0.39, 0.29) is 0 Å². The zero-order valence-electron chi connectivity index (χ0n) is 11.3. The van der Waals surface area contributed by atoms with Gasteiger partial charge in [0.25, 0.3) is 0 Å². The largest absolute Gasteiger partial charge is 0.454 e. The highest BCUT2D eigenvalue weighted by Crippen LogP contribution is 2.42. The third-order valence-electron chi connectivity index (χ3n) is 4.80. The summed E-state index contributed by atoms with van der Waals surface area (Å²) in [7, 11) is 2.08. The van der Waals surface area contributed by atoms with Crippen molar-refractivity contribution in [1.82, 2.24) is 5.32 Å². The lowest BCUT2D eigenvalue weighted by Crippen LogP contribution is -2.48. The number of hydrogen-bond acceptors (Lipinski definition) is 4. The molecule has 1 aromatic carbocycles. The highest BCUT2D eigenvalue weighted by Gasteiger charge is 2.40. The Morgan fingerprint density at radius 2 is 1.84 bits per heavy atom. The van der Waals surface area contributed by atoms with Crippen LogP contribution in [0.3, 0.4) is 0 Å². The van der Waals surface area contributed by atoms with E-state index in [4.69, 9.17) is 9.47 Å². The third-order valence-corrected chi connectivity index (χ3v) is 4.80. The van der Waals surface area contributed by atoms with Gasteiger partial charge in [0.2, 0.25) is 6.79 Å². The van der Waals surface area contributed by atoms with Crippen LogP contribution in [0.5, 0.6) is 11.5 Å². The summed E-state index contributed by atoms with van der Waals surface area (Å²) >= 11 is 0. The van der Waals surface area contributed by atoms with Crippen molar-refractivity contribution in [2.45, 2.75) is 43.8 Å². The van der Waals surface area contributed by atoms with Crippen molar-refractivity contribution in [3.63, 3.8) is 0 Å². The maximum Gasteiger partial charge on any atom is 0.231 e. The van der Waals surface area contributed by atoms with Gasteiger partial charge in [-0.25, -0.2) is 0 Å². The minimum Gasteiger partial charge on any atom is -0.454 e. The Bertz CT molecular complexity index is 477. The molecule has 3 aliphatic rings. The van der Waals surface area contributed by atoms with Crippen molar-refractivity contribution in [1.29, 1.82) is 0 Å². The van der Waals surface area contributed by atoms with Crippen LogP contribution >= 0.6 is 0 Å². The van der Waals surface area contributed by atoms with Gasteiger partial charge >= 0.3 is 0 Å². The van der Waals surface area contributed by atoms with Gasteiger partial charge in [-0.05, 0) is 44.9 Å². The first-order chi connectivity index (χ1) is 9.35. The maximum atomic E-state index is 5.50. The third kappa shape index (κ3) is 1.77. The average molecular weight is 260 g/mol. The number of nitrogens with one attached hydrogen (secondary N) is 1. The van der Waals surface area contributed by atoms with Gasteiger partial charge in [0, 0.05) is 29.9 Å². The van der Waals surface area contributed by atoms with E-state index >= 15 is 0 Å². The van der Waals surface area contributed by atoms with Crippen LogP contribution in [0.2, 0.25) is 0 Å². The number of fused-ring (bicyclic) bond motifs is 3. The lowest BCUT2D eigenvalue weighted by atomic mass is 9.96. The fourth-order valence-corrected chi connectivity index (χ4v) is 3.88. The Hall–Kier alpha value is -1.42. The molecule has 3 aliphatic heterocycles. The summed E-state index contributed by atoms with van der Waals surface area (Å²) in [5.41, 5.74) is 1.30. The predicted octanol–water partition coefficient (Wildman–Crippen LogP) is 2.13. The first-order valence-electron chi connectivity index (χ1n) is 7.20. The van der Waals surface area contributed by atoms with Crippen LogP contribution in [0.25, 0.3) is 0 Å². The molecule has 1 N–H and O–H groups in total. The molecule has 2 fully saturated rings. The summed E-state index contributed by atoms with van der Waals surface area (Å²) in [5.74, 6) is 1.77. The van der Waals surface area contributed by atoms with Crippen LogP contribution in [0.1, 0.15) is 25.7 Å². The van der Waals surface area contributed by atoms with Crippen LogP contribution in [0.4, 0.5) is 5.69 Å². The minimum atomic E-state index is 0.355. The average Bonchev–Trinajstić information content (AvgIpc) is 3.00. The van der Waals surface area contributed by atoms with Crippen LogP contribution < -0.4 is 19.7 Å². The van der Waals surface area contributed by atoms with E-state index < -0.39 is 0 Å². The van der Waals surface area contributed by atoms with Gasteiger partial charge in [0.15, 0.2) is 11.5 Å². The predicted molar refractivity (Wildman–Crippen MR) is 73.9 cm³/mol. The van der Waals surface area contributed by atoms with Gasteiger partial charge in [0.1, 0.15) is 0 Å². The van der Waals surface area contributed by atoms with Crippen LogP contribution in [-0.4, -0.2) is 32.0 Å². The fraction of sp³-hybridized carbons (Fsp3) is 0.600. The number of rotatable bonds is 2. The molecule has 0 aliphatic carbocycles. The van der Waals surface area contributed by atoms with E-state index in [9.17, 15) is 0 Å². The van der Waals surface area contributed by atoms with Crippen molar-refractivity contribution >= 4 is 5.69 Å². The zero-order chi connectivity index (χ0) is 12.8. The summed E-state index contributed by atoms with van der Waals surface area (Å²) in [6, 6.07) is 8.41. The Labute approximate surface area is 113 Å². The minimum absolute atomic E-state index is 0.355. The molecule has 0 amide bonds. The number of benzene rings is 1. The maximum absolute atomic E-state index is 5.50. The van der Waals surface area contributed by atoms with Gasteiger partial charge in [-0.15, -0.1) is 0 Å². The molecule has 1 aromatic rings. The Morgan fingerprint density at radius 3 is 2.58 bits per heavy atom. The molecular weight excluding hydrogens is 240 g/mol. The second-order valence-corrected chi connectivity index (χ2v) is 5.79. The monoisotopic (exact) mass is 260 g/mol. The van der Waals surface area contributed by atoms with E-state index in [0.717, 1.165) is 11.5 Å². The topological polar surface area (TPSA) is 33.7 Å². The Morgan fingerprint density at radius 1 is 1.11 bits per heavy atom. The van der Waals surface area contributed by atoms with Crippen LogP contribution in [0, 0.1) is 0 Å². The van der Waals surface area contributed by atoms with Gasteiger partial charge in [0.05, 0.1) is 0 Å². The van der Waals surface area contributed by atoms with Crippen LogP contribution in [-0.2, 0) is 0 Å². The van der Waals surface area contributed by atoms with Crippen molar-refractivity contribution in [2.24, 2.45) is 0 Å². The molecule has 3 heterocycles. The lowest BCUT2D eigenvalue weighted by molar-refractivity contribution is 0.174. The molecule has 4 heteroatoms. The van der Waals surface area contributed by atoms with Gasteiger partial charge in [-0.1, -0.05) is 0 Å². The summed E-state index contributed by atoms with van der Waals surface area (Å²) in [5, 5.41) is 3.45. The molecule has 0 radical (unpaired) electrons. The SMILES string of the molecule is CNC1CC2CCC(C1)N2c1ccc2c(c1)OCO2. The molecule has 4 nitrogen and oxygen atoms in total. The smallest absolute Gasteiger partial charge is 0.231 e. The highest BCUT2D eigenvalue weighted by atomic mass is 16.7. The molecular formula is C15H20N2O2.